The molecule has 0 fully saturated rings. The smallest absolute Gasteiger partial charge is 0.251 e. The molecule has 3 rings (SSSR count). The van der Waals surface area contributed by atoms with E-state index in [0.717, 1.165) is 10.0 Å². The predicted octanol–water partition coefficient (Wildman–Crippen LogP) is 3.30. The van der Waals surface area contributed by atoms with Crippen LogP contribution in [0.4, 0.5) is 0 Å². The van der Waals surface area contributed by atoms with Crippen molar-refractivity contribution in [2.24, 2.45) is 0 Å². The molecule has 0 aliphatic heterocycles. The van der Waals surface area contributed by atoms with E-state index in [1.54, 1.807) is 10.9 Å². The Morgan fingerprint density at radius 1 is 1.26 bits per heavy atom. The summed E-state index contributed by atoms with van der Waals surface area (Å²) in [6, 6.07) is 9.64. The Labute approximate surface area is 118 Å². The van der Waals surface area contributed by atoms with Gasteiger partial charge in [-0.25, -0.2) is 0 Å². The van der Waals surface area contributed by atoms with Gasteiger partial charge in [-0.3, -0.25) is 4.68 Å². The minimum atomic E-state index is -0.101. The van der Waals surface area contributed by atoms with Crippen molar-refractivity contribution in [2.45, 2.75) is 13.0 Å². The minimum Gasteiger partial charge on any atom is -0.337 e. The summed E-state index contributed by atoms with van der Waals surface area (Å²) in [6.07, 6.45) is 3.60. The fourth-order valence-electron chi connectivity index (χ4n) is 1.75. The first-order chi connectivity index (χ1) is 9.24. The van der Waals surface area contributed by atoms with Gasteiger partial charge in [-0.05, 0) is 22.9 Å². The van der Waals surface area contributed by atoms with Gasteiger partial charge in [0.05, 0.1) is 10.7 Å². The maximum atomic E-state index is 5.31. The van der Waals surface area contributed by atoms with E-state index < -0.39 is 0 Å². The van der Waals surface area contributed by atoms with Crippen molar-refractivity contribution in [2.75, 3.05) is 0 Å². The first kappa shape index (κ1) is 12.1. The van der Waals surface area contributed by atoms with Gasteiger partial charge in [0.2, 0.25) is 5.82 Å². The normalized spacial score (nSPS) is 12.5. The number of benzene rings is 1. The van der Waals surface area contributed by atoms with Crippen LogP contribution in [0.1, 0.15) is 18.9 Å². The van der Waals surface area contributed by atoms with Crippen LogP contribution >= 0.6 is 15.9 Å². The van der Waals surface area contributed by atoms with Crippen molar-refractivity contribution < 1.29 is 4.52 Å². The van der Waals surface area contributed by atoms with Crippen LogP contribution in [-0.4, -0.2) is 19.9 Å². The van der Waals surface area contributed by atoms with E-state index >= 15 is 0 Å². The molecule has 5 nitrogen and oxygen atoms in total. The second-order valence-electron chi connectivity index (χ2n) is 4.14. The summed E-state index contributed by atoms with van der Waals surface area (Å²) >= 11 is 3.36. The van der Waals surface area contributed by atoms with E-state index in [-0.39, 0.29) is 6.04 Å². The minimum absolute atomic E-state index is 0.101. The molecule has 96 valence electrons. The number of halogens is 1. The standard InChI is InChI=1S/C13H11BrN4O/c1-9(18-8-11(14)7-15-18)13-16-12(17-19-13)10-5-3-2-4-6-10/h2-9H,1H3. The zero-order valence-electron chi connectivity index (χ0n) is 10.2. The third-order valence-corrected chi connectivity index (χ3v) is 3.21. The lowest BCUT2D eigenvalue weighted by Crippen LogP contribution is -2.07. The molecule has 0 amide bonds. The third-order valence-electron chi connectivity index (χ3n) is 2.80. The van der Waals surface area contributed by atoms with Gasteiger partial charge in [0.25, 0.3) is 5.89 Å². The second kappa shape index (κ2) is 4.97. The van der Waals surface area contributed by atoms with Crippen molar-refractivity contribution in [3.8, 4) is 11.4 Å². The summed E-state index contributed by atoms with van der Waals surface area (Å²) in [5, 5.41) is 8.22. The van der Waals surface area contributed by atoms with Crippen molar-refractivity contribution in [3.05, 3.63) is 53.1 Å². The molecular weight excluding hydrogens is 308 g/mol. The third kappa shape index (κ3) is 2.44. The average molecular weight is 319 g/mol. The van der Waals surface area contributed by atoms with E-state index in [4.69, 9.17) is 4.52 Å². The van der Waals surface area contributed by atoms with Crippen molar-refractivity contribution >= 4 is 15.9 Å². The van der Waals surface area contributed by atoms with E-state index in [2.05, 4.69) is 31.2 Å². The van der Waals surface area contributed by atoms with Crippen LogP contribution in [0.2, 0.25) is 0 Å². The fraction of sp³-hybridized carbons (Fsp3) is 0.154. The zero-order valence-corrected chi connectivity index (χ0v) is 11.8. The monoisotopic (exact) mass is 318 g/mol. The molecule has 0 aliphatic carbocycles. The molecule has 19 heavy (non-hydrogen) atoms. The predicted molar refractivity (Wildman–Crippen MR) is 73.5 cm³/mol. The summed E-state index contributed by atoms with van der Waals surface area (Å²) < 4.78 is 8.00. The molecular formula is C13H11BrN4O. The molecule has 1 atom stereocenters. The topological polar surface area (TPSA) is 56.7 Å². The van der Waals surface area contributed by atoms with Crippen molar-refractivity contribution in [3.63, 3.8) is 0 Å². The lowest BCUT2D eigenvalue weighted by atomic mass is 10.2. The molecule has 0 aliphatic rings. The Hall–Kier alpha value is -1.95. The fourth-order valence-corrected chi connectivity index (χ4v) is 2.05. The maximum absolute atomic E-state index is 5.31. The first-order valence-electron chi connectivity index (χ1n) is 5.83. The van der Waals surface area contributed by atoms with Gasteiger partial charge in [0, 0.05) is 11.8 Å². The van der Waals surface area contributed by atoms with E-state index in [1.165, 1.54) is 0 Å². The summed E-state index contributed by atoms with van der Waals surface area (Å²) in [6.45, 7) is 1.96. The van der Waals surface area contributed by atoms with Crippen molar-refractivity contribution in [1.82, 2.24) is 19.9 Å². The first-order valence-corrected chi connectivity index (χ1v) is 6.62. The van der Waals surface area contributed by atoms with Gasteiger partial charge in [0.15, 0.2) is 0 Å². The van der Waals surface area contributed by atoms with Gasteiger partial charge < -0.3 is 4.52 Å². The Balaban J connectivity index is 1.89. The number of rotatable bonds is 3. The molecule has 3 aromatic rings. The Bertz CT molecular complexity index is 677. The maximum Gasteiger partial charge on any atom is 0.251 e. The summed E-state index contributed by atoms with van der Waals surface area (Å²) in [7, 11) is 0. The molecule has 0 saturated heterocycles. The largest absolute Gasteiger partial charge is 0.337 e. The molecule has 2 aromatic heterocycles. The quantitative estimate of drug-likeness (QED) is 0.743. The Morgan fingerprint density at radius 3 is 2.74 bits per heavy atom. The lowest BCUT2D eigenvalue weighted by molar-refractivity contribution is 0.336. The van der Waals surface area contributed by atoms with E-state index in [0.29, 0.717) is 11.7 Å². The van der Waals surface area contributed by atoms with Crippen LogP contribution in [-0.2, 0) is 0 Å². The van der Waals surface area contributed by atoms with Crippen LogP contribution in [0, 0.1) is 0 Å². The molecule has 0 spiro atoms. The molecule has 1 unspecified atom stereocenters. The van der Waals surface area contributed by atoms with Gasteiger partial charge in [-0.1, -0.05) is 35.5 Å². The molecule has 6 heteroatoms. The molecule has 1 aromatic carbocycles. The van der Waals surface area contributed by atoms with Gasteiger partial charge in [-0.15, -0.1) is 0 Å². The number of nitrogens with zero attached hydrogens (tertiary/aromatic N) is 4. The highest BCUT2D eigenvalue weighted by Gasteiger charge is 2.17. The van der Waals surface area contributed by atoms with Crippen LogP contribution in [0.15, 0.2) is 51.7 Å². The van der Waals surface area contributed by atoms with Crippen LogP contribution < -0.4 is 0 Å². The van der Waals surface area contributed by atoms with Crippen LogP contribution in [0.5, 0.6) is 0 Å². The Kier molecular flexibility index (Phi) is 3.16. The number of hydrogen-bond acceptors (Lipinski definition) is 4. The summed E-state index contributed by atoms with van der Waals surface area (Å²) in [4.78, 5) is 4.41. The molecule has 0 bridgehead atoms. The molecule has 0 saturated carbocycles. The average Bonchev–Trinajstić information content (AvgIpc) is 3.08. The highest BCUT2D eigenvalue weighted by molar-refractivity contribution is 9.10. The van der Waals surface area contributed by atoms with Gasteiger partial charge >= 0.3 is 0 Å². The molecule has 0 N–H and O–H groups in total. The van der Waals surface area contributed by atoms with Gasteiger partial charge in [0.1, 0.15) is 6.04 Å². The zero-order chi connectivity index (χ0) is 13.2. The lowest BCUT2D eigenvalue weighted by Gasteiger charge is -2.05. The number of hydrogen-bond donors (Lipinski definition) is 0. The van der Waals surface area contributed by atoms with E-state index in [9.17, 15) is 0 Å². The van der Waals surface area contributed by atoms with E-state index in [1.807, 2.05) is 43.5 Å². The second-order valence-corrected chi connectivity index (χ2v) is 5.05. The summed E-state index contributed by atoms with van der Waals surface area (Å²) in [5.74, 6) is 1.13. The van der Waals surface area contributed by atoms with Crippen LogP contribution in [0.3, 0.4) is 0 Å². The van der Waals surface area contributed by atoms with Crippen molar-refractivity contribution in [1.29, 1.82) is 0 Å². The molecule has 2 heterocycles. The van der Waals surface area contributed by atoms with Crippen LogP contribution in [0.25, 0.3) is 11.4 Å². The molecule has 0 radical (unpaired) electrons. The number of aromatic nitrogens is 4. The van der Waals surface area contributed by atoms with Gasteiger partial charge in [-0.2, -0.15) is 10.1 Å². The highest BCUT2D eigenvalue weighted by Crippen LogP contribution is 2.21. The highest BCUT2D eigenvalue weighted by atomic mass is 79.9. The summed E-state index contributed by atoms with van der Waals surface area (Å²) in [5.41, 5.74) is 0.936. The SMILES string of the molecule is CC(c1nc(-c2ccccc2)no1)n1cc(Br)cn1. The Morgan fingerprint density at radius 2 is 2.05 bits per heavy atom.